The highest BCUT2D eigenvalue weighted by molar-refractivity contribution is 6.30. The van der Waals surface area contributed by atoms with Crippen LogP contribution in [0.2, 0.25) is 5.02 Å². The first-order valence-corrected chi connectivity index (χ1v) is 5.70. The molecule has 0 aliphatic carbocycles. The van der Waals surface area contributed by atoms with Crippen molar-refractivity contribution in [3.63, 3.8) is 0 Å². The minimum Gasteiger partial charge on any atom is -0.316 e. The summed E-state index contributed by atoms with van der Waals surface area (Å²) in [6.07, 6.45) is 3.94. The lowest BCUT2D eigenvalue weighted by Gasteiger charge is -2.14. The van der Waals surface area contributed by atoms with Gasteiger partial charge in [-0.15, -0.1) is 0 Å². The van der Waals surface area contributed by atoms with Crippen LogP contribution in [0.5, 0.6) is 0 Å². The van der Waals surface area contributed by atoms with Crippen molar-refractivity contribution >= 4 is 11.6 Å². The molecule has 0 aromatic heterocycles. The van der Waals surface area contributed by atoms with Crippen molar-refractivity contribution in [2.24, 2.45) is 0 Å². The molecule has 1 atom stereocenters. The number of halogens is 1. The predicted octanol–water partition coefficient (Wildman–Crippen LogP) is 3.20. The van der Waals surface area contributed by atoms with Crippen LogP contribution in [0.25, 0.3) is 0 Å². The van der Waals surface area contributed by atoms with Crippen LogP contribution in [-0.4, -0.2) is 13.1 Å². The molecule has 1 aliphatic heterocycles. The molecule has 2 rings (SSSR count). The molecular formula is C12H16ClN. The monoisotopic (exact) mass is 209 g/mol. The minimum atomic E-state index is 0.676. The Balaban J connectivity index is 2.08. The fraction of sp³-hybridized carbons (Fsp3) is 0.500. The van der Waals surface area contributed by atoms with Crippen molar-refractivity contribution in [3.05, 3.63) is 34.9 Å². The van der Waals surface area contributed by atoms with Crippen LogP contribution in [0, 0.1) is 0 Å². The maximum absolute atomic E-state index is 5.87. The third-order valence-corrected chi connectivity index (χ3v) is 3.14. The molecule has 1 fully saturated rings. The fourth-order valence-electron chi connectivity index (χ4n) is 2.04. The van der Waals surface area contributed by atoms with Gasteiger partial charge in [-0.3, -0.25) is 0 Å². The van der Waals surface area contributed by atoms with E-state index in [1.54, 1.807) is 0 Å². The Labute approximate surface area is 90.5 Å². The van der Waals surface area contributed by atoms with Crippen molar-refractivity contribution in [2.45, 2.75) is 25.2 Å². The third kappa shape index (κ3) is 2.49. The number of nitrogens with one attached hydrogen (secondary N) is 1. The summed E-state index contributed by atoms with van der Waals surface area (Å²) >= 11 is 5.87. The van der Waals surface area contributed by atoms with Gasteiger partial charge in [0.1, 0.15) is 0 Å². The Hall–Kier alpha value is -0.530. The van der Waals surface area contributed by atoms with E-state index >= 15 is 0 Å². The molecule has 0 saturated carbocycles. The Bertz CT molecular complexity index is 273. The molecule has 2 heteroatoms. The first-order valence-electron chi connectivity index (χ1n) is 5.32. The number of hydrogen-bond donors (Lipinski definition) is 1. The Morgan fingerprint density at radius 2 is 1.93 bits per heavy atom. The summed E-state index contributed by atoms with van der Waals surface area (Å²) in [5, 5.41) is 4.31. The number of rotatable bonds is 1. The predicted molar refractivity (Wildman–Crippen MR) is 60.9 cm³/mol. The van der Waals surface area contributed by atoms with E-state index in [1.165, 1.54) is 31.4 Å². The van der Waals surface area contributed by atoms with Gasteiger partial charge in [-0.1, -0.05) is 30.2 Å². The quantitative estimate of drug-likeness (QED) is 0.749. The first-order chi connectivity index (χ1) is 6.86. The summed E-state index contributed by atoms with van der Waals surface area (Å²) in [7, 11) is 0. The van der Waals surface area contributed by atoms with Crippen molar-refractivity contribution in [2.75, 3.05) is 13.1 Å². The molecule has 1 saturated heterocycles. The second-order valence-electron chi connectivity index (χ2n) is 3.95. The molecule has 0 spiro atoms. The molecule has 76 valence electrons. The summed E-state index contributed by atoms with van der Waals surface area (Å²) in [4.78, 5) is 0. The van der Waals surface area contributed by atoms with Gasteiger partial charge < -0.3 is 5.32 Å². The van der Waals surface area contributed by atoms with Crippen LogP contribution >= 0.6 is 11.6 Å². The number of benzene rings is 1. The third-order valence-electron chi connectivity index (χ3n) is 2.89. The molecule has 1 aromatic rings. The lowest BCUT2D eigenvalue weighted by atomic mass is 9.95. The molecule has 14 heavy (non-hydrogen) atoms. The molecule has 1 heterocycles. The summed E-state index contributed by atoms with van der Waals surface area (Å²) in [6, 6.07) is 8.28. The molecule has 1 aliphatic rings. The Kier molecular flexibility index (Phi) is 3.44. The molecule has 0 unspecified atom stereocenters. The summed E-state index contributed by atoms with van der Waals surface area (Å²) in [5.74, 6) is 0.676. The Morgan fingerprint density at radius 1 is 1.14 bits per heavy atom. The zero-order valence-corrected chi connectivity index (χ0v) is 9.06. The van der Waals surface area contributed by atoms with E-state index in [-0.39, 0.29) is 0 Å². The summed E-state index contributed by atoms with van der Waals surface area (Å²) in [6.45, 7) is 2.28. The molecule has 1 aromatic carbocycles. The normalized spacial score (nSPS) is 23.1. The lowest BCUT2D eigenvalue weighted by molar-refractivity contribution is 0.610. The van der Waals surface area contributed by atoms with Crippen LogP contribution in [0.3, 0.4) is 0 Å². The molecule has 1 N–H and O–H groups in total. The zero-order valence-electron chi connectivity index (χ0n) is 8.30. The summed E-state index contributed by atoms with van der Waals surface area (Å²) in [5.41, 5.74) is 1.42. The van der Waals surface area contributed by atoms with Crippen LogP contribution in [-0.2, 0) is 0 Å². The van der Waals surface area contributed by atoms with Gasteiger partial charge in [0.25, 0.3) is 0 Å². The first kappa shape index (κ1) is 10.0. The minimum absolute atomic E-state index is 0.676. The van der Waals surface area contributed by atoms with E-state index < -0.39 is 0 Å². The van der Waals surface area contributed by atoms with Crippen LogP contribution in [0.1, 0.15) is 30.7 Å². The second kappa shape index (κ2) is 4.81. The van der Waals surface area contributed by atoms with Gasteiger partial charge >= 0.3 is 0 Å². The second-order valence-corrected chi connectivity index (χ2v) is 4.38. The Morgan fingerprint density at radius 3 is 2.71 bits per heavy atom. The molecular weight excluding hydrogens is 194 g/mol. The van der Waals surface area contributed by atoms with Gasteiger partial charge in [-0.05, 0) is 43.0 Å². The standard InChI is InChI=1S/C12H16ClN/c13-12-6-4-10(5-7-12)11-3-1-2-8-14-9-11/h4-7,11,14H,1-3,8-9H2/t11-/m1/s1. The van der Waals surface area contributed by atoms with E-state index in [1.807, 2.05) is 12.1 Å². The number of hydrogen-bond acceptors (Lipinski definition) is 1. The van der Waals surface area contributed by atoms with Crippen molar-refractivity contribution in [3.8, 4) is 0 Å². The highest BCUT2D eigenvalue weighted by atomic mass is 35.5. The van der Waals surface area contributed by atoms with Gasteiger partial charge in [-0.25, -0.2) is 0 Å². The van der Waals surface area contributed by atoms with E-state index in [4.69, 9.17) is 11.6 Å². The molecule has 0 radical (unpaired) electrons. The lowest BCUT2D eigenvalue weighted by Crippen LogP contribution is -2.19. The van der Waals surface area contributed by atoms with Gasteiger partial charge in [0.2, 0.25) is 0 Å². The van der Waals surface area contributed by atoms with Gasteiger partial charge in [0.15, 0.2) is 0 Å². The SMILES string of the molecule is Clc1ccc([C@@H]2CCCCNC2)cc1. The highest BCUT2D eigenvalue weighted by Crippen LogP contribution is 2.24. The smallest absolute Gasteiger partial charge is 0.0406 e. The average Bonchev–Trinajstić information content (AvgIpc) is 2.47. The largest absolute Gasteiger partial charge is 0.316 e. The maximum Gasteiger partial charge on any atom is 0.0406 e. The van der Waals surface area contributed by atoms with Crippen LogP contribution in [0.15, 0.2) is 24.3 Å². The molecule has 1 nitrogen and oxygen atoms in total. The van der Waals surface area contributed by atoms with E-state index in [2.05, 4.69) is 17.4 Å². The molecule has 0 amide bonds. The van der Waals surface area contributed by atoms with E-state index in [0.717, 1.165) is 11.6 Å². The van der Waals surface area contributed by atoms with Crippen LogP contribution in [0.4, 0.5) is 0 Å². The van der Waals surface area contributed by atoms with Crippen molar-refractivity contribution < 1.29 is 0 Å². The molecule has 0 bridgehead atoms. The average molecular weight is 210 g/mol. The topological polar surface area (TPSA) is 12.0 Å². The summed E-state index contributed by atoms with van der Waals surface area (Å²) < 4.78 is 0. The van der Waals surface area contributed by atoms with Crippen molar-refractivity contribution in [1.82, 2.24) is 5.32 Å². The maximum atomic E-state index is 5.87. The van der Waals surface area contributed by atoms with E-state index in [9.17, 15) is 0 Å². The van der Waals surface area contributed by atoms with Gasteiger partial charge in [0, 0.05) is 11.6 Å². The van der Waals surface area contributed by atoms with E-state index in [0.29, 0.717) is 5.92 Å². The van der Waals surface area contributed by atoms with Crippen molar-refractivity contribution in [1.29, 1.82) is 0 Å². The zero-order chi connectivity index (χ0) is 9.80. The van der Waals surface area contributed by atoms with Crippen LogP contribution < -0.4 is 5.32 Å². The van der Waals surface area contributed by atoms with Gasteiger partial charge in [0.05, 0.1) is 0 Å². The fourth-order valence-corrected chi connectivity index (χ4v) is 2.16. The highest BCUT2D eigenvalue weighted by Gasteiger charge is 2.13. The van der Waals surface area contributed by atoms with Gasteiger partial charge in [-0.2, -0.15) is 0 Å².